The van der Waals surface area contributed by atoms with Gasteiger partial charge in [0.2, 0.25) is 0 Å². The maximum atomic E-state index is 2.26. The Kier molecular flexibility index (Phi) is 15.3. The molecule has 6 aromatic carbocycles. The van der Waals surface area contributed by atoms with Gasteiger partial charge in [-0.2, -0.15) is 0 Å². The van der Waals surface area contributed by atoms with Crippen LogP contribution < -0.4 is 0 Å². The molecule has 0 aliphatic heterocycles. The van der Waals surface area contributed by atoms with Gasteiger partial charge in [0.25, 0.3) is 0 Å². The fourth-order valence-electron chi connectivity index (χ4n) is 5.68. The van der Waals surface area contributed by atoms with Crippen molar-refractivity contribution in [2.24, 2.45) is 0 Å². The molecular weight excluding hydrogens is 630 g/mol. The smallest absolute Gasteiger partial charge is 0.0622 e. The largest absolute Gasteiger partial charge is 1.00 e. The van der Waals surface area contributed by atoms with Gasteiger partial charge in [-0.3, -0.25) is 0 Å². The van der Waals surface area contributed by atoms with E-state index in [2.05, 4.69) is 182 Å². The van der Waals surface area contributed by atoms with Gasteiger partial charge in [-0.25, -0.2) is 0 Å². The molecular formula is C42H44CuP2+3. The Hall–Kier alpha value is -3.30. The summed E-state index contributed by atoms with van der Waals surface area (Å²) >= 11 is 0. The standard InChI is InChI=1S/2C21H21P.Cu/c2*1-4-10-19(11-5-1)16-22(17-20-12-6-2-7-13-20)18-21-14-8-3-9-15-21;/h2*1-15H,16-18H2;/q;;+1/p+2. The Balaban J connectivity index is 0.000000200. The summed E-state index contributed by atoms with van der Waals surface area (Å²) < 4.78 is 0. The third kappa shape index (κ3) is 12.9. The first kappa shape index (κ1) is 34.6. The van der Waals surface area contributed by atoms with Crippen LogP contribution in [0.3, 0.4) is 0 Å². The van der Waals surface area contributed by atoms with E-state index in [0.29, 0.717) is 0 Å². The molecule has 0 bridgehead atoms. The van der Waals surface area contributed by atoms with Gasteiger partial charge >= 0.3 is 17.1 Å². The monoisotopic (exact) mass is 673 g/mol. The van der Waals surface area contributed by atoms with Crippen molar-refractivity contribution in [1.29, 1.82) is 0 Å². The Bertz CT molecular complexity index is 1260. The quantitative estimate of drug-likeness (QED) is 0.0896. The van der Waals surface area contributed by atoms with Gasteiger partial charge < -0.3 is 0 Å². The summed E-state index contributed by atoms with van der Waals surface area (Å²) in [7, 11) is -1.00. The van der Waals surface area contributed by atoms with E-state index in [1.807, 2.05) is 0 Å². The Labute approximate surface area is 284 Å². The average Bonchev–Trinajstić information content (AvgIpc) is 3.08. The van der Waals surface area contributed by atoms with Crippen LogP contribution in [0.2, 0.25) is 0 Å². The van der Waals surface area contributed by atoms with Crippen molar-refractivity contribution in [3.8, 4) is 0 Å². The van der Waals surface area contributed by atoms with Gasteiger partial charge in [0.15, 0.2) is 0 Å². The minimum Gasteiger partial charge on any atom is -0.0622 e. The predicted octanol–water partition coefficient (Wildman–Crippen LogP) is 11.6. The number of benzene rings is 6. The van der Waals surface area contributed by atoms with Crippen LogP contribution in [0.25, 0.3) is 0 Å². The van der Waals surface area contributed by atoms with E-state index in [1.54, 1.807) is 0 Å². The van der Waals surface area contributed by atoms with Crippen LogP contribution in [0.1, 0.15) is 33.4 Å². The van der Waals surface area contributed by atoms with Crippen LogP contribution in [0.15, 0.2) is 182 Å². The minimum absolute atomic E-state index is 0. The summed E-state index contributed by atoms with van der Waals surface area (Å²) in [5.41, 5.74) is 8.85. The third-order valence-corrected chi connectivity index (χ3v) is 13.2. The zero-order chi connectivity index (χ0) is 30.1. The van der Waals surface area contributed by atoms with Crippen LogP contribution in [0, 0.1) is 0 Å². The third-order valence-electron chi connectivity index (χ3n) is 7.78. The molecule has 6 aromatic rings. The molecule has 0 heterocycles. The molecule has 0 unspecified atom stereocenters. The fourth-order valence-corrected chi connectivity index (χ4v) is 11.3. The van der Waals surface area contributed by atoms with Gasteiger partial charge in [0, 0.05) is 15.8 Å². The Morgan fingerprint density at radius 3 is 0.489 bits per heavy atom. The molecule has 0 aromatic heterocycles. The molecule has 0 fully saturated rings. The summed E-state index contributed by atoms with van der Waals surface area (Å²) in [6.07, 6.45) is 7.39. The second-order valence-electron chi connectivity index (χ2n) is 11.5. The average molecular weight is 674 g/mol. The normalized spacial score (nSPS) is 10.5. The van der Waals surface area contributed by atoms with E-state index in [1.165, 1.54) is 70.4 Å². The summed E-state index contributed by atoms with van der Waals surface area (Å²) in [5, 5.41) is 0. The van der Waals surface area contributed by atoms with Crippen molar-refractivity contribution in [3.05, 3.63) is 215 Å². The Morgan fingerprint density at radius 1 is 0.222 bits per heavy atom. The van der Waals surface area contributed by atoms with Gasteiger partial charge in [-0.05, 0) is 33.4 Å². The van der Waals surface area contributed by atoms with Gasteiger partial charge in [-0.1, -0.05) is 182 Å². The molecule has 0 aliphatic rings. The second-order valence-corrected chi connectivity index (χ2v) is 16.6. The van der Waals surface area contributed by atoms with Crippen molar-refractivity contribution >= 4 is 15.8 Å². The zero-order valence-electron chi connectivity index (χ0n) is 25.9. The summed E-state index contributed by atoms with van der Waals surface area (Å²) in [6.45, 7) is 0. The molecule has 0 nitrogen and oxygen atoms in total. The van der Waals surface area contributed by atoms with Gasteiger partial charge in [0.05, 0.1) is 37.0 Å². The van der Waals surface area contributed by atoms with Gasteiger partial charge in [-0.15, -0.1) is 0 Å². The summed E-state index contributed by atoms with van der Waals surface area (Å²) in [5.74, 6) is 0. The minimum atomic E-state index is -0.502. The molecule has 0 amide bonds. The van der Waals surface area contributed by atoms with Crippen LogP contribution in [-0.4, -0.2) is 0 Å². The van der Waals surface area contributed by atoms with Crippen molar-refractivity contribution in [2.45, 2.75) is 37.0 Å². The second kappa shape index (κ2) is 20.0. The maximum absolute atomic E-state index is 2.26. The van der Waals surface area contributed by atoms with E-state index in [9.17, 15) is 0 Å². The molecule has 45 heavy (non-hydrogen) atoms. The van der Waals surface area contributed by atoms with Crippen LogP contribution in [0.5, 0.6) is 0 Å². The molecule has 0 saturated heterocycles. The number of hydrogen-bond donors (Lipinski definition) is 0. The molecule has 6 rings (SSSR count). The van der Waals surface area contributed by atoms with Crippen LogP contribution in [-0.2, 0) is 54.0 Å². The van der Waals surface area contributed by atoms with Crippen molar-refractivity contribution in [1.82, 2.24) is 0 Å². The SMILES string of the molecule is [Cu+].c1ccc(C[PH+](Cc2ccccc2)Cc2ccccc2)cc1.c1ccc(C[PH+](Cc2ccccc2)Cc2ccccc2)cc1. The first-order valence-electron chi connectivity index (χ1n) is 15.7. The molecule has 3 heteroatoms. The van der Waals surface area contributed by atoms with Crippen LogP contribution >= 0.6 is 15.8 Å². The van der Waals surface area contributed by atoms with Crippen molar-refractivity contribution in [3.63, 3.8) is 0 Å². The molecule has 0 N–H and O–H groups in total. The van der Waals surface area contributed by atoms with Gasteiger partial charge in [0.1, 0.15) is 0 Å². The van der Waals surface area contributed by atoms with E-state index in [0.717, 1.165) is 0 Å². The molecule has 0 aliphatic carbocycles. The number of hydrogen-bond acceptors (Lipinski definition) is 0. The molecule has 0 spiro atoms. The van der Waals surface area contributed by atoms with Crippen molar-refractivity contribution < 1.29 is 17.1 Å². The number of rotatable bonds is 12. The summed E-state index contributed by atoms with van der Waals surface area (Å²) in [6, 6.07) is 65.6. The molecule has 0 atom stereocenters. The topological polar surface area (TPSA) is 0 Å². The molecule has 230 valence electrons. The van der Waals surface area contributed by atoms with E-state index in [-0.39, 0.29) is 17.1 Å². The van der Waals surface area contributed by atoms with E-state index >= 15 is 0 Å². The maximum Gasteiger partial charge on any atom is 1.00 e. The van der Waals surface area contributed by atoms with E-state index in [4.69, 9.17) is 0 Å². The Morgan fingerprint density at radius 2 is 0.356 bits per heavy atom. The first-order chi connectivity index (χ1) is 21.8. The molecule has 0 saturated carbocycles. The molecule has 0 radical (unpaired) electrons. The predicted molar refractivity (Wildman–Crippen MR) is 198 cm³/mol. The van der Waals surface area contributed by atoms with Crippen molar-refractivity contribution in [2.75, 3.05) is 0 Å². The fraction of sp³-hybridized carbons (Fsp3) is 0.143. The van der Waals surface area contributed by atoms with E-state index < -0.39 is 15.8 Å². The zero-order valence-corrected chi connectivity index (χ0v) is 28.8. The van der Waals surface area contributed by atoms with Crippen LogP contribution in [0.4, 0.5) is 0 Å². The first-order valence-corrected chi connectivity index (χ1v) is 19.9. The summed E-state index contributed by atoms with van der Waals surface area (Å²) in [4.78, 5) is 0.